The molecule has 0 aliphatic heterocycles. The second-order valence-corrected chi connectivity index (χ2v) is 21.4. The Morgan fingerprint density at radius 3 is 1.03 bits per heavy atom. The molecular weight excluding hydrogens is 851 g/mol. The standard InChI is InChI=1S/C63H121NO5/c1-3-5-7-9-11-13-15-17-19-21-23-27-31-35-39-43-47-51-55-61(66)60(59-65)64-62(67)56-52-48-44-40-36-32-28-25-26-30-34-38-42-46-50-54-58-69-63(68)57-53-49-45-41-37-33-29-24-22-20-18-16-14-12-10-8-6-4-2/h25,28,51,55,60-61,65-66H,3-24,26-27,29-50,52-54,56-59H2,1-2H3,(H,64,67)/b28-25-,55-51+. The molecule has 0 spiro atoms. The van der Waals surface area contributed by atoms with Crippen LogP contribution < -0.4 is 5.32 Å². The molecule has 0 saturated carbocycles. The lowest BCUT2D eigenvalue weighted by Crippen LogP contribution is -2.45. The van der Waals surface area contributed by atoms with E-state index in [2.05, 4.69) is 31.3 Å². The van der Waals surface area contributed by atoms with E-state index in [0.717, 1.165) is 64.2 Å². The lowest BCUT2D eigenvalue weighted by molar-refractivity contribution is -0.143. The minimum absolute atomic E-state index is 0.00102. The van der Waals surface area contributed by atoms with Gasteiger partial charge >= 0.3 is 5.97 Å². The van der Waals surface area contributed by atoms with Crippen LogP contribution in [0.15, 0.2) is 24.3 Å². The van der Waals surface area contributed by atoms with E-state index in [1.54, 1.807) is 6.08 Å². The summed E-state index contributed by atoms with van der Waals surface area (Å²) >= 11 is 0. The number of aliphatic hydroxyl groups is 2. The second kappa shape index (κ2) is 58.9. The number of aliphatic hydroxyl groups excluding tert-OH is 2. The van der Waals surface area contributed by atoms with Crippen molar-refractivity contribution in [2.75, 3.05) is 13.2 Å². The molecule has 2 atom stereocenters. The quantitative estimate of drug-likeness (QED) is 0.0321. The number of hydrogen-bond donors (Lipinski definition) is 3. The Morgan fingerprint density at radius 2 is 0.681 bits per heavy atom. The molecule has 0 aliphatic rings. The van der Waals surface area contributed by atoms with Crippen molar-refractivity contribution in [1.82, 2.24) is 5.32 Å². The highest BCUT2D eigenvalue weighted by Crippen LogP contribution is 2.17. The number of ether oxygens (including phenoxy) is 1. The van der Waals surface area contributed by atoms with Gasteiger partial charge in [-0.15, -0.1) is 0 Å². The van der Waals surface area contributed by atoms with Gasteiger partial charge in [-0.05, 0) is 57.8 Å². The van der Waals surface area contributed by atoms with Gasteiger partial charge in [0, 0.05) is 12.8 Å². The molecule has 0 aromatic rings. The highest BCUT2D eigenvalue weighted by Gasteiger charge is 2.18. The van der Waals surface area contributed by atoms with E-state index in [1.165, 1.54) is 250 Å². The molecule has 3 N–H and O–H groups in total. The van der Waals surface area contributed by atoms with Crippen LogP contribution in [0.5, 0.6) is 0 Å². The zero-order valence-corrected chi connectivity index (χ0v) is 46.6. The van der Waals surface area contributed by atoms with E-state index in [4.69, 9.17) is 4.74 Å². The number of nitrogens with one attached hydrogen (secondary N) is 1. The molecule has 0 bridgehead atoms. The van der Waals surface area contributed by atoms with Crippen LogP contribution in [0.25, 0.3) is 0 Å². The number of amides is 1. The van der Waals surface area contributed by atoms with Crippen molar-refractivity contribution >= 4 is 11.9 Å². The maximum absolute atomic E-state index is 12.5. The smallest absolute Gasteiger partial charge is 0.305 e. The topological polar surface area (TPSA) is 95.9 Å². The summed E-state index contributed by atoms with van der Waals surface area (Å²) in [4.78, 5) is 24.6. The fourth-order valence-electron chi connectivity index (χ4n) is 9.69. The Hall–Kier alpha value is -1.66. The predicted octanol–water partition coefficient (Wildman–Crippen LogP) is 19.4. The third-order valence-corrected chi connectivity index (χ3v) is 14.5. The zero-order chi connectivity index (χ0) is 50.0. The van der Waals surface area contributed by atoms with E-state index in [1.807, 2.05) is 6.08 Å². The van der Waals surface area contributed by atoms with Crippen molar-refractivity contribution < 1.29 is 24.5 Å². The average Bonchev–Trinajstić information content (AvgIpc) is 3.35. The average molecular weight is 973 g/mol. The first kappa shape index (κ1) is 67.3. The molecule has 0 radical (unpaired) electrons. The maximum atomic E-state index is 12.5. The van der Waals surface area contributed by atoms with Crippen LogP contribution in [0, 0.1) is 0 Å². The summed E-state index contributed by atoms with van der Waals surface area (Å²) < 4.78 is 5.49. The van der Waals surface area contributed by atoms with Crippen molar-refractivity contribution in [2.24, 2.45) is 0 Å². The molecule has 408 valence electrons. The molecule has 1 amide bonds. The summed E-state index contributed by atoms with van der Waals surface area (Å²) in [5.41, 5.74) is 0. The third kappa shape index (κ3) is 55.5. The van der Waals surface area contributed by atoms with Gasteiger partial charge in [-0.3, -0.25) is 9.59 Å². The van der Waals surface area contributed by atoms with Gasteiger partial charge in [0.15, 0.2) is 0 Å². The monoisotopic (exact) mass is 972 g/mol. The van der Waals surface area contributed by atoms with Gasteiger partial charge in [0.1, 0.15) is 0 Å². The van der Waals surface area contributed by atoms with Crippen LogP contribution >= 0.6 is 0 Å². The highest BCUT2D eigenvalue weighted by molar-refractivity contribution is 5.76. The minimum atomic E-state index is -0.855. The Labute approximate surface area is 431 Å². The molecule has 2 unspecified atom stereocenters. The molecule has 0 aromatic heterocycles. The van der Waals surface area contributed by atoms with E-state index in [9.17, 15) is 19.8 Å². The molecule has 0 fully saturated rings. The Balaban J connectivity index is 3.47. The lowest BCUT2D eigenvalue weighted by atomic mass is 10.0. The second-order valence-electron chi connectivity index (χ2n) is 21.4. The zero-order valence-electron chi connectivity index (χ0n) is 46.6. The highest BCUT2D eigenvalue weighted by atomic mass is 16.5. The maximum Gasteiger partial charge on any atom is 0.305 e. The first-order valence-corrected chi connectivity index (χ1v) is 31.1. The number of hydrogen-bond acceptors (Lipinski definition) is 5. The molecule has 0 rings (SSSR count). The van der Waals surface area contributed by atoms with Crippen LogP contribution in [0.2, 0.25) is 0 Å². The van der Waals surface area contributed by atoms with E-state index >= 15 is 0 Å². The van der Waals surface area contributed by atoms with Crippen molar-refractivity contribution in [2.45, 2.75) is 353 Å². The van der Waals surface area contributed by atoms with E-state index < -0.39 is 12.1 Å². The van der Waals surface area contributed by atoms with E-state index in [-0.39, 0.29) is 18.5 Å². The van der Waals surface area contributed by atoms with Gasteiger partial charge in [-0.2, -0.15) is 0 Å². The summed E-state index contributed by atoms with van der Waals surface area (Å²) in [6, 6.07) is -0.640. The van der Waals surface area contributed by atoms with Gasteiger partial charge < -0.3 is 20.3 Å². The third-order valence-electron chi connectivity index (χ3n) is 14.5. The molecule has 0 saturated heterocycles. The molecule has 0 aromatic carbocycles. The fraction of sp³-hybridized carbons (Fsp3) is 0.905. The first-order valence-electron chi connectivity index (χ1n) is 31.1. The largest absolute Gasteiger partial charge is 0.466 e. The Bertz CT molecular complexity index is 1080. The van der Waals surface area contributed by atoms with Gasteiger partial charge in [0.05, 0.1) is 25.4 Å². The van der Waals surface area contributed by atoms with Gasteiger partial charge in [-0.1, -0.05) is 295 Å². The van der Waals surface area contributed by atoms with Gasteiger partial charge in [0.2, 0.25) is 5.91 Å². The normalized spacial score (nSPS) is 12.7. The Morgan fingerprint density at radius 1 is 0.391 bits per heavy atom. The Kier molecular flexibility index (Phi) is 57.5. The number of esters is 1. The fourth-order valence-corrected chi connectivity index (χ4v) is 9.69. The minimum Gasteiger partial charge on any atom is -0.466 e. The van der Waals surface area contributed by atoms with Crippen molar-refractivity contribution in [3.05, 3.63) is 24.3 Å². The first-order chi connectivity index (χ1) is 34.0. The molecule has 6 nitrogen and oxygen atoms in total. The summed E-state index contributed by atoms with van der Waals surface area (Å²) in [6.45, 7) is 4.91. The van der Waals surface area contributed by atoms with Crippen LogP contribution in [0.1, 0.15) is 341 Å². The number of carbonyl (C=O) groups is 2. The van der Waals surface area contributed by atoms with Crippen molar-refractivity contribution in [3.63, 3.8) is 0 Å². The van der Waals surface area contributed by atoms with Crippen LogP contribution in [-0.4, -0.2) is 47.4 Å². The molecule has 0 heterocycles. The van der Waals surface area contributed by atoms with Gasteiger partial charge in [-0.25, -0.2) is 0 Å². The molecule has 0 aliphatic carbocycles. The van der Waals surface area contributed by atoms with E-state index in [0.29, 0.717) is 19.4 Å². The number of allylic oxidation sites excluding steroid dienone is 3. The predicted molar refractivity (Wildman–Crippen MR) is 301 cm³/mol. The van der Waals surface area contributed by atoms with Crippen molar-refractivity contribution in [3.8, 4) is 0 Å². The molecule has 69 heavy (non-hydrogen) atoms. The van der Waals surface area contributed by atoms with Gasteiger partial charge in [0.25, 0.3) is 0 Å². The van der Waals surface area contributed by atoms with Crippen LogP contribution in [0.3, 0.4) is 0 Å². The van der Waals surface area contributed by atoms with Crippen LogP contribution in [-0.2, 0) is 14.3 Å². The lowest BCUT2D eigenvalue weighted by Gasteiger charge is -2.20. The summed E-state index contributed by atoms with van der Waals surface area (Å²) in [5.74, 6) is -0.0814. The summed E-state index contributed by atoms with van der Waals surface area (Å²) in [6.07, 6.45) is 72.1. The van der Waals surface area contributed by atoms with Crippen LogP contribution in [0.4, 0.5) is 0 Å². The summed E-state index contributed by atoms with van der Waals surface area (Å²) in [5, 5.41) is 23.2. The molecular formula is C63H121NO5. The van der Waals surface area contributed by atoms with Crippen molar-refractivity contribution in [1.29, 1.82) is 0 Å². The SMILES string of the molecule is CCCCCCCCCCCCCCCCCC/C=C/C(O)C(CO)NC(=O)CCCCCCC/C=C\CCCCCCCCCOC(=O)CCCCCCCCCCCCCCCCCCCC. The summed E-state index contributed by atoms with van der Waals surface area (Å²) in [7, 11) is 0. The number of rotatable bonds is 58. The number of carbonyl (C=O) groups excluding carboxylic acids is 2. The molecule has 6 heteroatoms. The number of unbranched alkanes of at least 4 members (excludes halogenated alkanes) is 45.